The molecule has 2 atom stereocenters. The van der Waals surface area contributed by atoms with Gasteiger partial charge in [-0.25, -0.2) is 4.79 Å². The van der Waals surface area contributed by atoms with E-state index in [2.05, 4.69) is 4.98 Å². The fraction of sp³-hybridized carbons (Fsp3) is 0.143. The Morgan fingerprint density at radius 3 is 2.32 bits per heavy atom. The number of hydrogen-bond donors (Lipinski definition) is 3. The molecule has 0 saturated heterocycles. The van der Waals surface area contributed by atoms with Gasteiger partial charge in [-0.15, -0.1) is 0 Å². The average molecular weight is 400 g/mol. The van der Waals surface area contributed by atoms with Gasteiger partial charge in [-0.2, -0.15) is 0 Å². The van der Waals surface area contributed by atoms with Crippen LogP contribution in [-0.2, 0) is 0 Å². The summed E-state index contributed by atoms with van der Waals surface area (Å²) >= 11 is 6.39. The SMILES string of the molecule is C[C@@H](c1ccc(Oc2ccc(C(=O)O)cc2)cc1Cl)C(O)c1ccc(=O)[nH]c1. The van der Waals surface area contributed by atoms with Gasteiger partial charge in [0.2, 0.25) is 5.56 Å². The topological polar surface area (TPSA) is 99.6 Å². The number of aromatic carboxylic acids is 1. The summed E-state index contributed by atoms with van der Waals surface area (Å²) in [4.78, 5) is 24.6. The normalized spacial score (nSPS) is 13.0. The second kappa shape index (κ2) is 8.29. The molecule has 0 spiro atoms. The number of carboxylic acid groups (broad SMARTS) is 1. The molecule has 0 saturated carbocycles. The summed E-state index contributed by atoms with van der Waals surface area (Å²) in [7, 11) is 0. The molecule has 1 heterocycles. The second-order valence-electron chi connectivity index (χ2n) is 6.33. The molecule has 144 valence electrons. The van der Waals surface area contributed by atoms with Gasteiger partial charge in [0, 0.05) is 23.2 Å². The van der Waals surface area contributed by atoms with Crippen molar-refractivity contribution in [2.24, 2.45) is 0 Å². The molecule has 3 rings (SSSR count). The van der Waals surface area contributed by atoms with Crippen molar-refractivity contribution in [3.8, 4) is 11.5 Å². The zero-order valence-corrected chi connectivity index (χ0v) is 15.7. The number of aromatic nitrogens is 1. The Morgan fingerprint density at radius 1 is 1.07 bits per heavy atom. The van der Waals surface area contributed by atoms with Gasteiger partial charge in [-0.3, -0.25) is 4.79 Å². The van der Waals surface area contributed by atoms with Crippen LogP contribution in [0.1, 0.15) is 40.4 Å². The van der Waals surface area contributed by atoms with E-state index in [1.807, 2.05) is 6.92 Å². The number of hydrogen-bond acceptors (Lipinski definition) is 4. The van der Waals surface area contributed by atoms with Crippen LogP contribution in [0.3, 0.4) is 0 Å². The number of pyridine rings is 1. The van der Waals surface area contributed by atoms with Crippen LogP contribution in [0.2, 0.25) is 5.02 Å². The van der Waals surface area contributed by atoms with E-state index in [9.17, 15) is 14.7 Å². The number of carbonyl (C=O) groups is 1. The van der Waals surface area contributed by atoms with E-state index < -0.39 is 12.1 Å². The minimum absolute atomic E-state index is 0.172. The zero-order valence-electron chi connectivity index (χ0n) is 14.9. The first-order chi connectivity index (χ1) is 13.3. The number of aliphatic hydroxyl groups is 1. The number of halogens is 1. The quantitative estimate of drug-likeness (QED) is 0.572. The van der Waals surface area contributed by atoms with Gasteiger partial charge in [-0.1, -0.05) is 24.6 Å². The highest BCUT2D eigenvalue weighted by atomic mass is 35.5. The van der Waals surface area contributed by atoms with E-state index in [1.165, 1.54) is 24.4 Å². The molecule has 7 heteroatoms. The molecule has 0 amide bonds. The first-order valence-corrected chi connectivity index (χ1v) is 8.90. The fourth-order valence-corrected chi connectivity index (χ4v) is 3.15. The van der Waals surface area contributed by atoms with Gasteiger partial charge in [0.25, 0.3) is 0 Å². The molecular weight excluding hydrogens is 382 g/mol. The summed E-state index contributed by atoms with van der Waals surface area (Å²) in [5.74, 6) is -0.353. The molecule has 0 aliphatic carbocycles. The Balaban J connectivity index is 1.76. The second-order valence-corrected chi connectivity index (χ2v) is 6.74. The summed E-state index contributed by atoms with van der Waals surface area (Å²) in [5.41, 5.74) is 1.25. The molecule has 6 nitrogen and oxygen atoms in total. The van der Waals surface area contributed by atoms with E-state index in [4.69, 9.17) is 21.4 Å². The third-order valence-corrected chi connectivity index (χ3v) is 4.75. The lowest BCUT2D eigenvalue weighted by Gasteiger charge is -2.21. The highest BCUT2D eigenvalue weighted by molar-refractivity contribution is 6.31. The molecule has 0 bridgehead atoms. The van der Waals surface area contributed by atoms with Crippen molar-refractivity contribution in [3.05, 3.63) is 92.9 Å². The molecule has 1 unspecified atom stereocenters. The van der Waals surface area contributed by atoms with Crippen molar-refractivity contribution < 1.29 is 19.7 Å². The average Bonchev–Trinajstić information content (AvgIpc) is 2.68. The summed E-state index contributed by atoms with van der Waals surface area (Å²) in [6.07, 6.45) is 0.639. The Hall–Kier alpha value is -3.09. The highest BCUT2D eigenvalue weighted by Gasteiger charge is 2.21. The molecule has 3 aromatic rings. The van der Waals surface area contributed by atoms with Crippen LogP contribution < -0.4 is 10.3 Å². The predicted octanol–water partition coefficient (Wildman–Crippen LogP) is 4.36. The van der Waals surface area contributed by atoms with Gasteiger partial charge in [0.15, 0.2) is 0 Å². The van der Waals surface area contributed by atoms with Crippen LogP contribution in [-0.4, -0.2) is 21.2 Å². The molecule has 3 N–H and O–H groups in total. The van der Waals surface area contributed by atoms with Gasteiger partial charge in [-0.05, 0) is 53.6 Å². The van der Waals surface area contributed by atoms with E-state index in [0.29, 0.717) is 22.1 Å². The van der Waals surface area contributed by atoms with Crippen molar-refractivity contribution in [2.75, 3.05) is 0 Å². The maximum Gasteiger partial charge on any atom is 0.335 e. The summed E-state index contributed by atoms with van der Waals surface area (Å²) in [6, 6.07) is 14.1. The Labute approximate surface area is 166 Å². The number of aliphatic hydroxyl groups excluding tert-OH is 1. The fourth-order valence-electron chi connectivity index (χ4n) is 2.81. The standard InChI is InChI=1S/C21H18ClNO5/c1-12(20(25)14-4-9-19(24)23-11-14)17-8-7-16(10-18(17)22)28-15-5-2-13(3-6-15)21(26)27/h2-12,20,25H,1H3,(H,23,24)(H,26,27)/t12-,20?/m0/s1. The Bertz CT molecular complexity index is 1020. The van der Waals surface area contributed by atoms with E-state index in [1.54, 1.807) is 36.4 Å². The summed E-state index contributed by atoms with van der Waals surface area (Å²) < 4.78 is 5.71. The molecule has 28 heavy (non-hydrogen) atoms. The van der Waals surface area contributed by atoms with Crippen LogP contribution in [0.4, 0.5) is 0 Å². The number of carboxylic acids is 1. The van der Waals surface area contributed by atoms with Gasteiger partial charge >= 0.3 is 5.97 Å². The molecule has 0 aliphatic rings. The smallest absolute Gasteiger partial charge is 0.335 e. The Morgan fingerprint density at radius 2 is 1.75 bits per heavy atom. The number of benzene rings is 2. The first-order valence-electron chi connectivity index (χ1n) is 8.52. The summed E-state index contributed by atoms with van der Waals surface area (Å²) in [5, 5.41) is 19.9. The van der Waals surface area contributed by atoms with Crippen LogP contribution in [0.25, 0.3) is 0 Å². The lowest BCUT2D eigenvalue weighted by Crippen LogP contribution is -2.11. The van der Waals surface area contributed by atoms with Gasteiger partial charge < -0.3 is 19.9 Å². The van der Waals surface area contributed by atoms with Crippen LogP contribution in [0.15, 0.2) is 65.6 Å². The molecule has 0 fully saturated rings. The molecular formula is C21H18ClNO5. The minimum Gasteiger partial charge on any atom is -0.478 e. The molecule has 0 aliphatic heterocycles. The third kappa shape index (κ3) is 4.42. The largest absolute Gasteiger partial charge is 0.478 e. The lowest BCUT2D eigenvalue weighted by molar-refractivity contribution is 0.0697. The van der Waals surface area contributed by atoms with Crippen molar-refractivity contribution in [3.63, 3.8) is 0 Å². The van der Waals surface area contributed by atoms with Gasteiger partial charge in [0.1, 0.15) is 11.5 Å². The van der Waals surface area contributed by atoms with Gasteiger partial charge in [0.05, 0.1) is 11.7 Å². The number of rotatable bonds is 6. The van der Waals surface area contributed by atoms with Crippen LogP contribution >= 0.6 is 11.6 Å². The minimum atomic E-state index is -1.01. The Kier molecular flexibility index (Phi) is 5.82. The van der Waals surface area contributed by atoms with Crippen LogP contribution in [0, 0.1) is 0 Å². The number of aromatic amines is 1. The maximum absolute atomic E-state index is 11.2. The number of ether oxygens (including phenoxy) is 1. The van der Waals surface area contributed by atoms with E-state index in [-0.39, 0.29) is 17.0 Å². The summed E-state index contributed by atoms with van der Waals surface area (Å²) in [6.45, 7) is 1.84. The molecule has 2 aromatic carbocycles. The molecule has 0 radical (unpaired) electrons. The number of nitrogens with one attached hydrogen (secondary N) is 1. The predicted molar refractivity (Wildman–Crippen MR) is 105 cm³/mol. The van der Waals surface area contributed by atoms with Crippen molar-refractivity contribution in [1.82, 2.24) is 4.98 Å². The highest BCUT2D eigenvalue weighted by Crippen LogP contribution is 2.36. The van der Waals surface area contributed by atoms with E-state index in [0.717, 1.165) is 5.56 Å². The van der Waals surface area contributed by atoms with E-state index >= 15 is 0 Å². The van der Waals surface area contributed by atoms with Crippen molar-refractivity contribution in [1.29, 1.82) is 0 Å². The van der Waals surface area contributed by atoms with Crippen LogP contribution in [0.5, 0.6) is 11.5 Å². The third-order valence-electron chi connectivity index (χ3n) is 4.42. The lowest BCUT2D eigenvalue weighted by atomic mass is 9.91. The maximum atomic E-state index is 11.2. The van der Waals surface area contributed by atoms with Crippen molar-refractivity contribution in [2.45, 2.75) is 18.9 Å². The monoisotopic (exact) mass is 399 g/mol. The molecule has 1 aromatic heterocycles. The zero-order chi connectivity index (χ0) is 20.3. The number of H-pyrrole nitrogens is 1. The van der Waals surface area contributed by atoms with Crippen molar-refractivity contribution >= 4 is 17.6 Å². The first kappa shape index (κ1) is 19.7.